The molecule has 27 heavy (non-hydrogen) atoms. The van der Waals surface area contributed by atoms with Gasteiger partial charge in [0.2, 0.25) is 0 Å². The average Bonchev–Trinajstić information content (AvgIpc) is 3.33. The molecule has 4 nitrogen and oxygen atoms in total. The van der Waals surface area contributed by atoms with Crippen LogP contribution >= 0.6 is 0 Å². The predicted octanol–water partition coefficient (Wildman–Crippen LogP) is 4.14. The third kappa shape index (κ3) is 3.90. The molecule has 2 aliphatic rings. The smallest absolute Gasteiger partial charge is 0.310 e. The minimum atomic E-state index is -0.365. The van der Waals surface area contributed by atoms with E-state index in [2.05, 4.69) is 0 Å². The molecule has 140 valence electrons. The summed E-state index contributed by atoms with van der Waals surface area (Å²) in [5, 5.41) is 0. The standard InChI is InChI=1S/C23H24O4/c24-22(26-14-16-7-3-1-4-8-16)20-18-11-12-19(13-18)21(20)23(25)27-15-17-9-5-2-6-10-17/h1-10,18-21H,11-15H2. The molecule has 0 saturated heterocycles. The van der Waals surface area contributed by atoms with Crippen molar-refractivity contribution in [2.45, 2.75) is 32.5 Å². The van der Waals surface area contributed by atoms with Gasteiger partial charge in [0.25, 0.3) is 0 Å². The van der Waals surface area contributed by atoms with E-state index in [4.69, 9.17) is 9.47 Å². The fourth-order valence-corrected chi connectivity index (χ4v) is 4.62. The molecule has 2 bridgehead atoms. The molecule has 0 aromatic heterocycles. The zero-order valence-electron chi connectivity index (χ0n) is 15.3. The molecule has 4 unspecified atom stereocenters. The number of hydrogen-bond acceptors (Lipinski definition) is 4. The van der Waals surface area contributed by atoms with E-state index in [0.717, 1.165) is 30.4 Å². The minimum Gasteiger partial charge on any atom is -0.461 e. The third-order valence-electron chi connectivity index (χ3n) is 5.91. The van der Waals surface area contributed by atoms with E-state index in [1.165, 1.54) is 0 Å². The summed E-state index contributed by atoms with van der Waals surface area (Å²) in [5.41, 5.74) is 1.91. The number of carbonyl (C=O) groups excluding carboxylic acids is 2. The first-order valence-electron chi connectivity index (χ1n) is 9.63. The van der Waals surface area contributed by atoms with Gasteiger partial charge >= 0.3 is 11.9 Å². The quantitative estimate of drug-likeness (QED) is 0.723. The predicted molar refractivity (Wildman–Crippen MR) is 100 cm³/mol. The molecule has 2 fully saturated rings. The summed E-state index contributed by atoms with van der Waals surface area (Å²) in [6, 6.07) is 19.3. The molecule has 2 aliphatic carbocycles. The summed E-state index contributed by atoms with van der Waals surface area (Å²) >= 11 is 0. The van der Waals surface area contributed by atoms with Crippen molar-refractivity contribution in [1.82, 2.24) is 0 Å². The number of rotatable bonds is 6. The van der Waals surface area contributed by atoms with Crippen LogP contribution in [0.3, 0.4) is 0 Å². The van der Waals surface area contributed by atoms with Crippen molar-refractivity contribution in [2.24, 2.45) is 23.7 Å². The van der Waals surface area contributed by atoms with Crippen LogP contribution in [-0.2, 0) is 32.3 Å². The maximum absolute atomic E-state index is 12.8. The van der Waals surface area contributed by atoms with E-state index in [-0.39, 0.29) is 48.8 Å². The van der Waals surface area contributed by atoms with Crippen LogP contribution < -0.4 is 0 Å². The first-order valence-corrected chi connectivity index (χ1v) is 9.63. The fourth-order valence-electron chi connectivity index (χ4n) is 4.62. The second kappa shape index (κ2) is 7.95. The summed E-state index contributed by atoms with van der Waals surface area (Å²) in [7, 11) is 0. The van der Waals surface area contributed by atoms with Gasteiger partial charge in [-0.05, 0) is 42.2 Å². The molecule has 4 heteroatoms. The van der Waals surface area contributed by atoms with Gasteiger partial charge in [0.05, 0.1) is 11.8 Å². The highest BCUT2D eigenvalue weighted by molar-refractivity contribution is 5.83. The van der Waals surface area contributed by atoms with Gasteiger partial charge in [0, 0.05) is 0 Å². The molecule has 0 spiro atoms. The van der Waals surface area contributed by atoms with Gasteiger partial charge in [-0.2, -0.15) is 0 Å². The van der Waals surface area contributed by atoms with Gasteiger partial charge in [-0.25, -0.2) is 0 Å². The lowest BCUT2D eigenvalue weighted by Gasteiger charge is -2.27. The zero-order chi connectivity index (χ0) is 18.6. The molecule has 0 radical (unpaired) electrons. The molecular weight excluding hydrogens is 340 g/mol. The van der Waals surface area contributed by atoms with Crippen LogP contribution in [0, 0.1) is 23.7 Å². The van der Waals surface area contributed by atoms with E-state index < -0.39 is 0 Å². The van der Waals surface area contributed by atoms with Crippen molar-refractivity contribution in [2.75, 3.05) is 0 Å². The topological polar surface area (TPSA) is 52.6 Å². The Morgan fingerprint density at radius 2 is 1.11 bits per heavy atom. The van der Waals surface area contributed by atoms with E-state index in [1.54, 1.807) is 0 Å². The number of carbonyl (C=O) groups is 2. The van der Waals surface area contributed by atoms with Gasteiger partial charge in [-0.3, -0.25) is 9.59 Å². The maximum Gasteiger partial charge on any atom is 0.310 e. The molecule has 2 saturated carbocycles. The zero-order valence-corrected chi connectivity index (χ0v) is 15.3. The maximum atomic E-state index is 12.8. The van der Waals surface area contributed by atoms with Crippen LogP contribution in [-0.4, -0.2) is 11.9 Å². The van der Waals surface area contributed by atoms with Crippen LogP contribution in [0.1, 0.15) is 30.4 Å². The highest BCUT2D eigenvalue weighted by atomic mass is 16.5. The van der Waals surface area contributed by atoms with Crippen molar-refractivity contribution < 1.29 is 19.1 Å². The third-order valence-corrected chi connectivity index (χ3v) is 5.91. The highest BCUT2D eigenvalue weighted by Gasteiger charge is 2.55. The fraction of sp³-hybridized carbons (Fsp3) is 0.391. The molecule has 0 heterocycles. The molecule has 0 aliphatic heterocycles. The summed E-state index contributed by atoms with van der Waals surface area (Å²) in [6.45, 7) is 0.499. The second-order valence-corrected chi connectivity index (χ2v) is 7.57. The Labute approximate surface area is 159 Å². The van der Waals surface area contributed by atoms with Crippen molar-refractivity contribution in [3.8, 4) is 0 Å². The molecular formula is C23H24O4. The van der Waals surface area contributed by atoms with E-state index >= 15 is 0 Å². The first kappa shape index (κ1) is 17.8. The Balaban J connectivity index is 1.39. The lowest BCUT2D eigenvalue weighted by molar-refractivity contribution is -0.165. The number of esters is 2. The summed E-state index contributed by atoms with van der Waals surface area (Å²) in [5.74, 6) is -0.757. The van der Waals surface area contributed by atoms with Gasteiger partial charge in [-0.1, -0.05) is 60.7 Å². The first-order chi connectivity index (χ1) is 13.2. The van der Waals surface area contributed by atoms with Gasteiger partial charge in [0.1, 0.15) is 13.2 Å². The Bertz CT molecular complexity index is 719. The SMILES string of the molecule is O=C(OCc1ccccc1)C1C2CCC(C2)C1C(=O)OCc1ccccc1. The Morgan fingerprint density at radius 3 is 1.52 bits per heavy atom. The van der Waals surface area contributed by atoms with Crippen molar-refractivity contribution in [3.63, 3.8) is 0 Å². The van der Waals surface area contributed by atoms with Crippen molar-refractivity contribution in [3.05, 3.63) is 71.8 Å². The number of benzene rings is 2. The van der Waals surface area contributed by atoms with Crippen LogP contribution in [0.25, 0.3) is 0 Å². The monoisotopic (exact) mass is 364 g/mol. The summed E-state index contributed by atoms with van der Waals surface area (Å²) < 4.78 is 11.1. The lowest BCUT2D eigenvalue weighted by Crippen LogP contribution is -2.36. The Kier molecular flexibility index (Phi) is 5.23. The molecule has 0 N–H and O–H groups in total. The molecule has 2 aromatic rings. The second-order valence-electron chi connectivity index (χ2n) is 7.57. The van der Waals surface area contributed by atoms with E-state index in [1.807, 2.05) is 60.7 Å². The molecule has 4 atom stereocenters. The van der Waals surface area contributed by atoms with Gasteiger partial charge in [0.15, 0.2) is 0 Å². The Morgan fingerprint density at radius 1 is 0.704 bits per heavy atom. The molecule has 0 amide bonds. The minimum absolute atomic E-state index is 0.243. The van der Waals surface area contributed by atoms with E-state index in [9.17, 15) is 9.59 Å². The van der Waals surface area contributed by atoms with Crippen molar-refractivity contribution in [1.29, 1.82) is 0 Å². The summed E-state index contributed by atoms with van der Waals surface area (Å²) in [4.78, 5) is 25.5. The van der Waals surface area contributed by atoms with Crippen LogP contribution in [0.5, 0.6) is 0 Å². The van der Waals surface area contributed by atoms with Crippen molar-refractivity contribution >= 4 is 11.9 Å². The number of hydrogen-bond donors (Lipinski definition) is 0. The molecule has 4 rings (SSSR count). The van der Waals surface area contributed by atoms with Crippen LogP contribution in [0.15, 0.2) is 60.7 Å². The van der Waals surface area contributed by atoms with Crippen LogP contribution in [0.4, 0.5) is 0 Å². The average molecular weight is 364 g/mol. The van der Waals surface area contributed by atoms with Gasteiger partial charge < -0.3 is 9.47 Å². The normalized spacial score (nSPS) is 25.9. The highest BCUT2D eigenvalue weighted by Crippen LogP contribution is 2.53. The van der Waals surface area contributed by atoms with Gasteiger partial charge in [-0.15, -0.1) is 0 Å². The number of ether oxygens (including phenoxy) is 2. The Hall–Kier alpha value is -2.62. The largest absolute Gasteiger partial charge is 0.461 e. The summed E-state index contributed by atoms with van der Waals surface area (Å²) in [6.07, 6.45) is 2.92. The van der Waals surface area contributed by atoms with Crippen LogP contribution in [0.2, 0.25) is 0 Å². The van der Waals surface area contributed by atoms with E-state index in [0.29, 0.717) is 0 Å². The molecule has 2 aromatic carbocycles. The number of fused-ring (bicyclic) bond motifs is 2. The lowest BCUT2D eigenvalue weighted by atomic mass is 9.79.